The van der Waals surface area contributed by atoms with Gasteiger partial charge in [0.2, 0.25) is 0 Å². The van der Waals surface area contributed by atoms with Gasteiger partial charge in [0.15, 0.2) is 0 Å². The molecule has 1 aliphatic rings. The van der Waals surface area contributed by atoms with Crippen LogP contribution in [-0.4, -0.2) is 48.6 Å². The topological polar surface area (TPSA) is 6.48 Å². The van der Waals surface area contributed by atoms with Crippen LogP contribution in [0.2, 0.25) is 0 Å². The zero-order chi connectivity index (χ0) is 9.68. The van der Waals surface area contributed by atoms with Gasteiger partial charge in [-0.25, -0.2) is 0 Å². The Labute approximate surface area is 82.9 Å². The summed E-state index contributed by atoms with van der Waals surface area (Å²) in [7, 11) is 0. The van der Waals surface area contributed by atoms with E-state index in [0.717, 1.165) is 6.04 Å². The molecule has 2 heteroatoms. The van der Waals surface area contributed by atoms with E-state index in [-0.39, 0.29) is 0 Å². The van der Waals surface area contributed by atoms with E-state index in [1.165, 1.54) is 45.6 Å². The highest BCUT2D eigenvalue weighted by molar-refractivity contribution is 4.78. The molecule has 0 saturated carbocycles. The number of hydrogen-bond acceptors (Lipinski definition) is 2. The minimum Gasteiger partial charge on any atom is -0.303 e. The molecular weight excluding hydrogens is 160 g/mol. The molecule has 0 spiro atoms. The van der Waals surface area contributed by atoms with Crippen LogP contribution in [0.15, 0.2) is 0 Å². The molecule has 1 aliphatic heterocycles. The summed E-state index contributed by atoms with van der Waals surface area (Å²) in [5, 5.41) is 0. The van der Waals surface area contributed by atoms with Crippen LogP contribution in [0.4, 0.5) is 0 Å². The average molecular weight is 184 g/mol. The van der Waals surface area contributed by atoms with Gasteiger partial charge in [-0.2, -0.15) is 0 Å². The summed E-state index contributed by atoms with van der Waals surface area (Å²) in [5.41, 5.74) is 0. The molecule has 1 rings (SSSR count). The lowest BCUT2D eigenvalue weighted by molar-refractivity contribution is 0.120. The Morgan fingerprint density at radius 1 is 1.08 bits per heavy atom. The summed E-state index contributed by atoms with van der Waals surface area (Å²) < 4.78 is 0. The van der Waals surface area contributed by atoms with E-state index >= 15 is 0 Å². The third-order valence-corrected chi connectivity index (χ3v) is 3.33. The van der Waals surface area contributed by atoms with E-state index in [2.05, 4.69) is 30.6 Å². The molecular formula is C11H24N2. The highest BCUT2D eigenvalue weighted by Crippen LogP contribution is 2.15. The summed E-state index contributed by atoms with van der Waals surface area (Å²) in [4.78, 5) is 5.16. The molecule has 1 heterocycles. The molecule has 0 radical (unpaired) electrons. The van der Waals surface area contributed by atoms with Crippen LogP contribution >= 0.6 is 0 Å². The summed E-state index contributed by atoms with van der Waals surface area (Å²) >= 11 is 0. The molecule has 0 bridgehead atoms. The maximum Gasteiger partial charge on any atom is 0.0119 e. The Morgan fingerprint density at radius 2 is 1.62 bits per heavy atom. The molecule has 0 aromatic heterocycles. The molecule has 1 fully saturated rings. The maximum absolute atomic E-state index is 2.60. The summed E-state index contributed by atoms with van der Waals surface area (Å²) in [6.45, 7) is 13.1. The van der Waals surface area contributed by atoms with Crippen molar-refractivity contribution in [1.29, 1.82) is 0 Å². The first-order valence-corrected chi connectivity index (χ1v) is 5.78. The monoisotopic (exact) mass is 184 g/mol. The number of nitrogens with zero attached hydrogens (tertiary/aromatic N) is 2. The highest BCUT2D eigenvalue weighted by atomic mass is 15.2. The maximum atomic E-state index is 2.60. The van der Waals surface area contributed by atoms with Crippen molar-refractivity contribution in [2.45, 2.75) is 39.7 Å². The highest BCUT2D eigenvalue weighted by Gasteiger charge is 2.21. The Morgan fingerprint density at radius 3 is 2.00 bits per heavy atom. The quantitative estimate of drug-likeness (QED) is 0.657. The van der Waals surface area contributed by atoms with Crippen molar-refractivity contribution < 1.29 is 0 Å². The molecule has 0 unspecified atom stereocenters. The number of rotatable bonds is 4. The van der Waals surface area contributed by atoms with Gasteiger partial charge in [-0.15, -0.1) is 0 Å². The van der Waals surface area contributed by atoms with Crippen LogP contribution in [-0.2, 0) is 0 Å². The normalized spacial score (nSPS) is 21.2. The molecule has 0 amide bonds. The van der Waals surface area contributed by atoms with Crippen LogP contribution in [0, 0.1) is 0 Å². The van der Waals surface area contributed by atoms with E-state index in [1.807, 2.05) is 0 Å². The largest absolute Gasteiger partial charge is 0.303 e. The number of piperidine rings is 1. The van der Waals surface area contributed by atoms with Crippen molar-refractivity contribution in [3.63, 3.8) is 0 Å². The van der Waals surface area contributed by atoms with Gasteiger partial charge in [0.1, 0.15) is 0 Å². The molecule has 0 atom stereocenters. The van der Waals surface area contributed by atoms with Gasteiger partial charge in [0.05, 0.1) is 0 Å². The molecule has 78 valence electrons. The van der Waals surface area contributed by atoms with Crippen molar-refractivity contribution in [2.24, 2.45) is 0 Å². The van der Waals surface area contributed by atoms with Gasteiger partial charge < -0.3 is 9.80 Å². The number of likely N-dealkylation sites (tertiary alicyclic amines) is 1. The SMILES string of the molecule is CCN1CCC(N(CC)CC)CC1. The van der Waals surface area contributed by atoms with E-state index in [4.69, 9.17) is 0 Å². The van der Waals surface area contributed by atoms with Gasteiger partial charge >= 0.3 is 0 Å². The Kier molecular flexibility index (Phi) is 4.74. The lowest BCUT2D eigenvalue weighted by Crippen LogP contribution is -2.44. The smallest absolute Gasteiger partial charge is 0.0119 e. The fraction of sp³-hybridized carbons (Fsp3) is 1.00. The van der Waals surface area contributed by atoms with Crippen molar-refractivity contribution in [2.75, 3.05) is 32.7 Å². The van der Waals surface area contributed by atoms with Crippen LogP contribution < -0.4 is 0 Å². The van der Waals surface area contributed by atoms with Gasteiger partial charge in [-0.1, -0.05) is 20.8 Å². The van der Waals surface area contributed by atoms with Gasteiger partial charge in [-0.05, 0) is 45.6 Å². The molecule has 0 N–H and O–H groups in total. The first-order valence-electron chi connectivity index (χ1n) is 5.78. The van der Waals surface area contributed by atoms with E-state index in [1.54, 1.807) is 0 Å². The molecule has 0 aromatic carbocycles. The van der Waals surface area contributed by atoms with Crippen molar-refractivity contribution in [3.8, 4) is 0 Å². The predicted octanol–water partition coefficient (Wildman–Crippen LogP) is 1.81. The molecule has 1 saturated heterocycles. The fourth-order valence-electron chi connectivity index (χ4n) is 2.34. The Balaban J connectivity index is 2.30. The Hall–Kier alpha value is -0.0800. The number of hydrogen-bond donors (Lipinski definition) is 0. The summed E-state index contributed by atoms with van der Waals surface area (Å²) in [6, 6.07) is 0.859. The first-order chi connectivity index (χ1) is 6.31. The Bertz CT molecular complexity index is 124. The standard InChI is InChI=1S/C11H24N2/c1-4-12-9-7-11(8-10-12)13(5-2)6-3/h11H,4-10H2,1-3H3. The molecule has 0 aliphatic carbocycles. The van der Waals surface area contributed by atoms with Crippen molar-refractivity contribution in [3.05, 3.63) is 0 Å². The predicted molar refractivity (Wildman–Crippen MR) is 58.1 cm³/mol. The van der Waals surface area contributed by atoms with Crippen molar-refractivity contribution >= 4 is 0 Å². The molecule has 2 nitrogen and oxygen atoms in total. The fourth-order valence-corrected chi connectivity index (χ4v) is 2.34. The van der Waals surface area contributed by atoms with E-state index in [0.29, 0.717) is 0 Å². The molecule has 0 aromatic rings. The zero-order valence-corrected chi connectivity index (χ0v) is 9.42. The molecule has 13 heavy (non-hydrogen) atoms. The third kappa shape index (κ3) is 2.96. The van der Waals surface area contributed by atoms with Gasteiger partial charge in [0, 0.05) is 6.04 Å². The van der Waals surface area contributed by atoms with E-state index < -0.39 is 0 Å². The van der Waals surface area contributed by atoms with Crippen LogP contribution in [0.5, 0.6) is 0 Å². The lowest BCUT2D eigenvalue weighted by Gasteiger charge is -2.37. The van der Waals surface area contributed by atoms with Gasteiger partial charge in [0.25, 0.3) is 0 Å². The van der Waals surface area contributed by atoms with Crippen LogP contribution in [0.3, 0.4) is 0 Å². The minimum atomic E-state index is 0.859. The second kappa shape index (κ2) is 5.61. The van der Waals surface area contributed by atoms with Crippen LogP contribution in [0.25, 0.3) is 0 Å². The zero-order valence-electron chi connectivity index (χ0n) is 9.42. The second-order valence-electron chi connectivity index (χ2n) is 3.89. The van der Waals surface area contributed by atoms with Crippen molar-refractivity contribution in [1.82, 2.24) is 9.80 Å². The minimum absolute atomic E-state index is 0.859. The van der Waals surface area contributed by atoms with E-state index in [9.17, 15) is 0 Å². The summed E-state index contributed by atoms with van der Waals surface area (Å²) in [5.74, 6) is 0. The van der Waals surface area contributed by atoms with Gasteiger partial charge in [-0.3, -0.25) is 0 Å². The van der Waals surface area contributed by atoms with Crippen LogP contribution in [0.1, 0.15) is 33.6 Å². The average Bonchev–Trinajstić information content (AvgIpc) is 2.21. The first kappa shape index (κ1) is 11.0. The lowest BCUT2D eigenvalue weighted by atomic mass is 10.0. The summed E-state index contributed by atoms with van der Waals surface area (Å²) in [6.07, 6.45) is 2.74. The third-order valence-electron chi connectivity index (χ3n) is 3.33. The second-order valence-corrected chi connectivity index (χ2v) is 3.89.